The second kappa shape index (κ2) is 7.40. The van der Waals surface area contributed by atoms with E-state index in [1.54, 1.807) is 0 Å². The molecule has 0 aromatic heterocycles. The maximum Gasteiger partial charge on any atom is 0.416 e. The number of aliphatic carboxylic acids is 1. The normalized spacial score (nSPS) is 12.5. The maximum absolute atomic E-state index is 12.7. The molecule has 2 aromatic carbocycles. The number of alkyl halides is 3. The van der Waals surface area contributed by atoms with Crippen LogP contribution in [0.1, 0.15) is 23.6 Å². The summed E-state index contributed by atoms with van der Waals surface area (Å²) in [6, 6.07) is 6.44. The highest BCUT2D eigenvalue weighted by atomic mass is 19.4. The van der Waals surface area contributed by atoms with Crippen molar-refractivity contribution in [2.24, 2.45) is 5.73 Å². The molecule has 0 fully saturated rings. The maximum atomic E-state index is 12.7. The molecule has 0 heterocycles. The zero-order valence-corrected chi connectivity index (χ0v) is 13.1. The Hall–Kier alpha value is -3.14. The van der Waals surface area contributed by atoms with Gasteiger partial charge in [0.15, 0.2) is 0 Å². The van der Waals surface area contributed by atoms with Crippen LogP contribution in [-0.2, 0) is 11.0 Å². The number of hydrogen-bond donors (Lipinski definition) is 2. The van der Waals surface area contributed by atoms with E-state index in [2.05, 4.69) is 0 Å². The van der Waals surface area contributed by atoms with Gasteiger partial charge in [-0.05, 0) is 29.8 Å². The van der Waals surface area contributed by atoms with Crippen LogP contribution in [0.2, 0.25) is 0 Å². The van der Waals surface area contributed by atoms with Crippen molar-refractivity contribution in [3.8, 4) is 11.5 Å². The van der Waals surface area contributed by atoms with E-state index < -0.39 is 40.8 Å². The number of nitro benzene ring substituents is 1. The van der Waals surface area contributed by atoms with Gasteiger partial charge in [-0.15, -0.1) is 0 Å². The first-order chi connectivity index (χ1) is 12.1. The van der Waals surface area contributed by atoms with Gasteiger partial charge in [-0.2, -0.15) is 13.2 Å². The molecule has 0 spiro atoms. The summed E-state index contributed by atoms with van der Waals surface area (Å²) in [6.07, 6.45) is -5.02. The number of halogens is 3. The van der Waals surface area contributed by atoms with Crippen LogP contribution in [0, 0.1) is 10.1 Å². The number of hydrogen-bond acceptors (Lipinski definition) is 5. The van der Waals surface area contributed by atoms with Gasteiger partial charge in [-0.3, -0.25) is 14.9 Å². The third-order valence-electron chi connectivity index (χ3n) is 3.39. The molecule has 0 aliphatic carbocycles. The lowest BCUT2D eigenvalue weighted by atomic mass is 10.0. The predicted octanol–water partition coefficient (Wildman–Crippen LogP) is 3.88. The van der Waals surface area contributed by atoms with Crippen molar-refractivity contribution >= 4 is 11.7 Å². The van der Waals surface area contributed by atoms with E-state index in [1.807, 2.05) is 0 Å². The summed E-state index contributed by atoms with van der Waals surface area (Å²) in [5.41, 5.74) is 4.35. The Morgan fingerprint density at radius 2 is 1.96 bits per heavy atom. The van der Waals surface area contributed by atoms with Crippen molar-refractivity contribution in [1.29, 1.82) is 0 Å². The van der Waals surface area contributed by atoms with Crippen LogP contribution in [-0.4, -0.2) is 16.0 Å². The van der Waals surface area contributed by atoms with Crippen molar-refractivity contribution in [2.75, 3.05) is 0 Å². The highest BCUT2D eigenvalue weighted by Gasteiger charge is 2.31. The van der Waals surface area contributed by atoms with Crippen LogP contribution in [0.15, 0.2) is 42.5 Å². The molecule has 138 valence electrons. The standard InChI is InChI=1S/C16H13F3N2O5/c17-16(18,19)10-2-1-3-11(7-10)26-14-5-4-9(6-13(14)21(24)25)12(20)8-15(22)23/h1-7,12H,8,20H2,(H,22,23). The van der Waals surface area contributed by atoms with Gasteiger partial charge in [0.1, 0.15) is 5.75 Å². The molecule has 2 aromatic rings. The lowest BCUT2D eigenvalue weighted by molar-refractivity contribution is -0.385. The molecule has 0 amide bonds. The third kappa shape index (κ3) is 4.70. The summed E-state index contributed by atoms with van der Waals surface area (Å²) in [6.45, 7) is 0. The van der Waals surface area contributed by atoms with E-state index in [1.165, 1.54) is 12.1 Å². The molecule has 2 rings (SSSR count). The van der Waals surface area contributed by atoms with Gasteiger partial charge >= 0.3 is 17.8 Å². The third-order valence-corrected chi connectivity index (χ3v) is 3.39. The topological polar surface area (TPSA) is 116 Å². The molecule has 7 nitrogen and oxygen atoms in total. The van der Waals surface area contributed by atoms with Gasteiger partial charge in [0.25, 0.3) is 0 Å². The van der Waals surface area contributed by atoms with E-state index in [9.17, 15) is 28.1 Å². The molecule has 1 unspecified atom stereocenters. The molecular weight excluding hydrogens is 357 g/mol. The smallest absolute Gasteiger partial charge is 0.416 e. The number of benzene rings is 2. The lowest BCUT2D eigenvalue weighted by Gasteiger charge is -2.12. The minimum Gasteiger partial charge on any atom is -0.481 e. The predicted molar refractivity (Wildman–Crippen MR) is 83.8 cm³/mol. The Bertz CT molecular complexity index is 839. The molecule has 0 aliphatic rings. The molecule has 0 aliphatic heterocycles. The molecule has 10 heteroatoms. The van der Waals surface area contributed by atoms with E-state index >= 15 is 0 Å². The van der Waals surface area contributed by atoms with E-state index in [4.69, 9.17) is 15.6 Å². The summed E-state index contributed by atoms with van der Waals surface area (Å²) in [7, 11) is 0. The Morgan fingerprint density at radius 1 is 1.27 bits per heavy atom. The number of ether oxygens (including phenoxy) is 1. The lowest BCUT2D eigenvalue weighted by Crippen LogP contribution is -2.15. The van der Waals surface area contributed by atoms with Crippen LogP contribution in [0.5, 0.6) is 11.5 Å². The monoisotopic (exact) mass is 370 g/mol. The Balaban J connectivity index is 2.35. The summed E-state index contributed by atoms with van der Waals surface area (Å²) >= 11 is 0. The first-order valence-corrected chi connectivity index (χ1v) is 7.18. The quantitative estimate of drug-likeness (QED) is 0.589. The number of carbonyl (C=O) groups is 1. The highest BCUT2D eigenvalue weighted by Crippen LogP contribution is 2.36. The van der Waals surface area contributed by atoms with E-state index in [0.717, 1.165) is 24.3 Å². The van der Waals surface area contributed by atoms with Crippen molar-refractivity contribution in [2.45, 2.75) is 18.6 Å². The molecule has 1 atom stereocenters. The van der Waals surface area contributed by atoms with E-state index in [0.29, 0.717) is 6.07 Å². The summed E-state index contributed by atoms with van der Waals surface area (Å²) in [5.74, 6) is -1.70. The van der Waals surface area contributed by atoms with E-state index in [-0.39, 0.29) is 17.1 Å². The number of nitro groups is 1. The Morgan fingerprint density at radius 3 is 2.54 bits per heavy atom. The summed E-state index contributed by atoms with van der Waals surface area (Å²) < 4.78 is 43.4. The fourth-order valence-corrected chi connectivity index (χ4v) is 2.16. The van der Waals surface area contributed by atoms with Crippen molar-refractivity contribution < 1.29 is 32.7 Å². The van der Waals surface area contributed by atoms with Crippen LogP contribution in [0.4, 0.5) is 18.9 Å². The summed E-state index contributed by atoms with van der Waals surface area (Å²) in [5, 5.41) is 20.0. The second-order valence-corrected chi connectivity index (χ2v) is 5.32. The highest BCUT2D eigenvalue weighted by molar-refractivity contribution is 5.68. The average Bonchev–Trinajstić information content (AvgIpc) is 2.53. The van der Waals surface area contributed by atoms with Crippen molar-refractivity contribution in [1.82, 2.24) is 0 Å². The van der Waals surface area contributed by atoms with Crippen LogP contribution in [0.3, 0.4) is 0 Å². The van der Waals surface area contributed by atoms with Crippen molar-refractivity contribution in [3.63, 3.8) is 0 Å². The first kappa shape index (κ1) is 19.2. The molecule has 0 saturated heterocycles. The number of rotatable bonds is 6. The van der Waals surface area contributed by atoms with Crippen LogP contribution >= 0.6 is 0 Å². The molecular formula is C16H13F3N2O5. The molecule has 0 radical (unpaired) electrons. The summed E-state index contributed by atoms with van der Waals surface area (Å²) in [4.78, 5) is 21.1. The van der Waals surface area contributed by atoms with Gasteiger partial charge in [-0.25, -0.2) is 0 Å². The number of nitrogens with two attached hydrogens (primary N) is 1. The zero-order valence-electron chi connectivity index (χ0n) is 13.1. The average molecular weight is 370 g/mol. The van der Waals surface area contributed by atoms with Crippen molar-refractivity contribution in [3.05, 3.63) is 63.7 Å². The second-order valence-electron chi connectivity index (χ2n) is 5.32. The Labute approximate surface area is 145 Å². The van der Waals surface area contributed by atoms with Gasteiger partial charge in [0.05, 0.1) is 16.9 Å². The number of carboxylic acids is 1. The fourth-order valence-electron chi connectivity index (χ4n) is 2.16. The minimum absolute atomic E-state index is 0.190. The first-order valence-electron chi connectivity index (χ1n) is 7.18. The molecule has 26 heavy (non-hydrogen) atoms. The SMILES string of the molecule is NC(CC(=O)O)c1ccc(Oc2cccc(C(F)(F)F)c2)c([N+](=O)[O-])c1. The number of carboxylic acid groups (broad SMARTS) is 1. The van der Waals surface area contributed by atoms with Gasteiger partial charge in [0.2, 0.25) is 5.75 Å². The van der Waals surface area contributed by atoms with Gasteiger partial charge < -0.3 is 15.6 Å². The van der Waals surface area contributed by atoms with Crippen LogP contribution in [0.25, 0.3) is 0 Å². The minimum atomic E-state index is -4.58. The molecule has 3 N–H and O–H groups in total. The fraction of sp³-hybridized carbons (Fsp3) is 0.188. The van der Waals surface area contributed by atoms with Crippen LogP contribution < -0.4 is 10.5 Å². The van der Waals surface area contributed by atoms with Gasteiger partial charge in [0, 0.05) is 12.1 Å². The molecule has 0 saturated carbocycles. The zero-order chi connectivity index (χ0) is 19.5. The van der Waals surface area contributed by atoms with Gasteiger partial charge in [-0.1, -0.05) is 12.1 Å². The largest absolute Gasteiger partial charge is 0.481 e. The molecule has 0 bridgehead atoms. The number of nitrogens with zero attached hydrogens (tertiary/aromatic N) is 1. The Kier molecular flexibility index (Phi) is 5.46.